The minimum absolute atomic E-state index is 0.339. The second-order valence-electron chi connectivity index (χ2n) is 7.10. The van der Waals surface area contributed by atoms with E-state index in [1.165, 1.54) is 12.4 Å². The van der Waals surface area contributed by atoms with Crippen LogP contribution < -0.4 is 11.0 Å². The molecular formula is C23H16ClN5O2. The van der Waals surface area contributed by atoms with Gasteiger partial charge in [-0.15, -0.1) is 0 Å². The van der Waals surface area contributed by atoms with Crippen LogP contribution in [0.4, 0.5) is 0 Å². The lowest BCUT2D eigenvalue weighted by molar-refractivity contribution is 0.101. The number of carbonyl (C=O) groups is 1. The topological polar surface area (TPSA) is 81.3 Å². The number of amides is 1. The number of nitrogens with zero attached hydrogens (tertiary/aromatic N) is 4. The predicted molar refractivity (Wildman–Crippen MR) is 120 cm³/mol. The molecular weight excluding hydrogens is 414 g/mol. The van der Waals surface area contributed by atoms with E-state index in [1.807, 2.05) is 31.2 Å². The average Bonchev–Trinajstić information content (AvgIpc) is 3.21. The van der Waals surface area contributed by atoms with Crippen molar-refractivity contribution in [2.24, 2.45) is 0 Å². The number of hydrogen-bond donors (Lipinski definition) is 1. The van der Waals surface area contributed by atoms with E-state index in [9.17, 15) is 9.59 Å². The number of hydrogen-bond acceptors (Lipinski definition) is 4. The van der Waals surface area contributed by atoms with Crippen molar-refractivity contribution in [1.29, 1.82) is 0 Å². The molecule has 8 heteroatoms. The van der Waals surface area contributed by atoms with Gasteiger partial charge in [0.2, 0.25) is 0 Å². The Morgan fingerprint density at radius 3 is 2.58 bits per heavy atom. The number of nitrogens with one attached hydrogen (secondary N) is 1. The SMILES string of the molecule is Cc1ccccc1C(=O)Nn1ccc2c(cnc3c(-c4ccc(Cl)cc4)cnn32)c1=O. The van der Waals surface area contributed by atoms with Gasteiger partial charge in [0.15, 0.2) is 5.65 Å². The lowest BCUT2D eigenvalue weighted by atomic mass is 10.1. The molecule has 0 radical (unpaired) electrons. The number of fused-ring (bicyclic) bond motifs is 3. The molecule has 2 aromatic carbocycles. The van der Waals surface area contributed by atoms with Crippen molar-refractivity contribution >= 4 is 34.1 Å². The summed E-state index contributed by atoms with van der Waals surface area (Å²) in [6, 6.07) is 16.3. The van der Waals surface area contributed by atoms with Crippen LogP contribution in [0, 0.1) is 6.92 Å². The van der Waals surface area contributed by atoms with Gasteiger partial charge in [0.05, 0.1) is 17.1 Å². The maximum Gasteiger partial charge on any atom is 0.280 e. The Kier molecular flexibility index (Phi) is 4.52. The fraction of sp³-hybridized carbons (Fsp3) is 0.0435. The highest BCUT2D eigenvalue weighted by atomic mass is 35.5. The molecule has 3 aromatic heterocycles. The van der Waals surface area contributed by atoms with Crippen LogP contribution in [-0.4, -0.2) is 25.2 Å². The van der Waals surface area contributed by atoms with E-state index < -0.39 is 5.56 Å². The average molecular weight is 430 g/mol. The van der Waals surface area contributed by atoms with Crippen molar-refractivity contribution in [3.05, 3.63) is 99.7 Å². The van der Waals surface area contributed by atoms with Gasteiger partial charge in [0.1, 0.15) is 0 Å². The van der Waals surface area contributed by atoms with Crippen molar-refractivity contribution in [2.45, 2.75) is 6.92 Å². The van der Waals surface area contributed by atoms with Crippen LogP contribution in [0.15, 0.2) is 78.0 Å². The molecule has 0 aliphatic rings. The van der Waals surface area contributed by atoms with Gasteiger partial charge in [-0.3, -0.25) is 15.0 Å². The molecule has 0 unspecified atom stereocenters. The van der Waals surface area contributed by atoms with Crippen LogP contribution in [0.1, 0.15) is 15.9 Å². The summed E-state index contributed by atoms with van der Waals surface area (Å²) in [4.78, 5) is 30.1. The van der Waals surface area contributed by atoms with Crippen LogP contribution in [0.2, 0.25) is 5.02 Å². The molecule has 0 aliphatic carbocycles. The molecule has 0 bridgehead atoms. The number of aryl methyl sites for hydroxylation is 1. The first kappa shape index (κ1) is 19.0. The molecule has 1 N–H and O–H groups in total. The zero-order chi connectivity index (χ0) is 21.5. The second kappa shape index (κ2) is 7.37. The molecule has 5 rings (SSSR count). The molecule has 7 nitrogen and oxygen atoms in total. The van der Waals surface area contributed by atoms with E-state index in [0.717, 1.165) is 21.4 Å². The Bertz CT molecular complexity index is 1520. The quantitative estimate of drug-likeness (QED) is 0.469. The number of rotatable bonds is 3. The van der Waals surface area contributed by atoms with Gasteiger partial charge < -0.3 is 0 Å². The molecule has 1 amide bonds. The van der Waals surface area contributed by atoms with Gasteiger partial charge in [-0.1, -0.05) is 41.9 Å². The fourth-order valence-corrected chi connectivity index (χ4v) is 3.66. The van der Waals surface area contributed by atoms with Gasteiger partial charge in [0.25, 0.3) is 11.5 Å². The standard InChI is InChI=1S/C23H16ClN5O2/c1-14-4-2-3-5-17(14)22(30)27-28-11-10-20-19(23(28)31)12-25-21-18(13-26-29(20)21)15-6-8-16(24)9-7-15/h2-13H,1H3,(H,27,30). The van der Waals surface area contributed by atoms with Crippen molar-refractivity contribution in [1.82, 2.24) is 19.3 Å². The summed E-state index contributed by atoms with van der Waals surface area (Å²) >= 11 is 5.98. The summed E-state index contributed by atoms with van der Waals surface area (Å²) < 4.78 is 2.78. The van der Waals surface area contributed by atoms with E-state index in [0.29, 0.717) is 27.1 Å². The number of halogens is 1. The summed E-state index contributed by atoms with van der Waals surface area (Å²) in [5, 5.41) is 5.41. The summed E-state index contributed by atoms with van der Waals surface area (Å²) in [6.45, 7) is 1.84. The molecule has 0 atom stereocenters. The maximum absolute atomic E-state index is 13.0. The van der Waals surface area contributed by atoms with Crippen LogP contribution >= 0.6 is 11.6 Å². The third kappa shape index (κ3) is 3.25. The molecule has 0 spiro atoms. The Hall–Kier alpha value is -3.97. The minimum Gasteiger partial charge on any atom is -0.267 e. The van der Waals surface area contributed by atoms with E-state index in [-0.39, 0.29) is 5.91 Å². The maximum atomic E-state index is 13.0. The van der Waals surface area contributed by atoms with Gasteiger partial charge in [0, 0.05) is 28.5 Å². The minimum atomic E-state index is -0.391. The first-order valence-electron chi connectivity index (χ1n) is 9.54. The summed E-state index contributed by atoms with van der Waals surface area (Å²) in [7, 11) is 0. The van der Waals surface area contributed by atoms with E-state index in [4.69, 9.17) is 11.6 Å². The monoisotopic (exact) mass is 429 g/mol. The molecule has 0 aliphatic heterocycles. The Morgan fingerprint density at radius 2 is 1.81 bits per heavy atom. The van der Waals surface area contributed by atoms with Gasteiger partial charge >= 0.3 is 0 Å². The molecule has 152 valence electrons. The zero-order valence-electron chi connectivity index (χ0n) is 16.4. The smallest absolute Gasteiger partial charge is 0.267 e. The van der Waals surface area contributed by atoms with E-state index in [1.54, 1.807) is 41.0 Å². The first-order valence-corrected chi connectivity index (χ1v) is 9.92. The third-order valence-corrected chi connectivity index (χ3v) is 5.41. The van der Waals surface area contributed by atoms with Crippen molar-refractivity contribution in [3.8, 4) is 11.1 Å². The van der Waals surface area contributed by atoms with E-state index in [2.05, 4.69) is 15.5 Å². The number of carbonyl (C=O) groups excluding carboxylic acids is 1. The van der Waals surface area contributed by atoms with Crippen molar-refractivity contribution < 1.29 is 4.79 Å². The predicted octanol–water partition coefficient (Wildman–Crippen LogP) is 4.06. The van der Waals surface area contributed by atoms with Crippen LogP contribution in [0.3, 0.4) is 0 Å². The number of benzene rings is 2. The highest BCUT2D eigenvalue weighted by Gasteiger charge is 2.15. The van der Waals surface area contributed by atoms with E-state index >= 15 is 0 Å². The molecule has 31 heavy (non-hydrogen) atoms. The normalized spacial score (nSPS) is 11.2. The lowest BCUT2D eigenvalue weighted by Crippen LogP contribution is -2.33. The Labute approximate surface area is 181 Å². The molecule has 0 fully saturated rings. The molecule has 0 saturated carbocycles. The Morgan fingerprint density at radius 1 is 1.03 bits per heavy atom. The van der Waals surface area contributed by atoms with Gasteiger partial charge in [-0.25, -0.2) is 14.2 Å². The molecule has 0 saturated heterocycles. The highest BCUT2D eigenvalue weighted by molar-refractivity contribution is 6.30. The second-order valence-corrected chi connectivity index (χ2v) is 7.54. The zero-order valence-corrected chi connectivity index (χ0v) is 17.2. The molecule has 5 aromatic rings. The largest absolute Gasteiger partial charge is 0.280 e. The highest BCUT2D eigenvalue weighted by Crippen LogP contribution is 2.26. The van der Waals surface area contributed by atoms with Crippen molar-refractivity contribution in [2.75, 3.05) is 5.43 Å². The summed E-state index contributed by atoms with van der Waals surface area (Å²) in [5.41, 5.74) is 6.54. The van der Waals surface area contributed by atoms with Crippen LogP contribution in [0.25, 0.3) is 27.7 Å². The van der Waals surface area contributed by atoms with Crippen molar-refractivity contribution in [3.63, 3.8) is 0 Å². The molecule has 3 heterocycles. The van der Waals surface area contributed by atoms with Gasteiger partial charge in [-0.2, -0.15) is 5.10 Å². The van der Waals surface area contributed by atoms with Crippen LogP contribution in [0.5, 0.6) is 0 Å². The number of pyridine rings is 1. The first-order chi connectivity index (χ1) is 15.0. The third-order valence-electron chi connectivity index (χ3n) is 5.16. The summed E-state index contributed by atoms with van der Waals surface area (Å²) in [5.74, 6) is -0.363. The summed E-state index contributed by atoms with van der Waals surface area (Å²) in [6.07, 6.45) is 4.73. The fourth-order valence-electron chi connectivity index (χ4n) is 3.53. The van der Waals surface area contributed by atoms with Crippen LogP contribution in [-0.2, 0) is 0 Å². The van der Waals surface area contributed by atoms with Gasteiger partial charge in [-0.05, 0) is 42.3 Å². The lowest BCUT2D eigenvalue weighted by Gasteiger charge is -2.11. The Balaban J connectivity index is 1.57. The number of aromatic nitrogens is 4.